The van der Waals surface area contributed by atoms with Crippen molar-refractivity contribution < 1.29 is 9.53 Å². The van der Waals surface area contributed by atoms with Crippen molar-refractivity contribution in [2.45, 2.75) is 6.61 Å². The van der Waals surface area contributed by atoms with Crippen LogP contribution >= 0.6 is 0 Å². The average molecular weight is 265 g/mol. The predicted molar refractivity (Wildman–Crippen MR) is 78.5 cm³/mol. The zero-order valence-electron chi connectivity index (χ0n) is 11.2. The number of rotatable bonds is 3. The first-order chi connectivity index (χ1) is 9.75. The van der Waals surface area contributed by atoms with Gasteiger partial charge in [0.1, 0.15) is 6.61 Å². The number of aryl methyl sites for hydroxylation is 1. The van der Waals surface area contributed by atoms with Crippen molar-refractivity contribution in [3.63, 3.8) is 0 Å². The molecule has 0 spiro atoms. The lowest BCUT2D eigenvalue weighted by Gasteiger charge is -2.07. The molecule has 0 bridgehead atoms. The van der Waals surface area contributed by atoms with Gasteiger partial charge in [-0.15, -0.1) is 0 Å². The van der Waals surface area contributed by atoms with Crippen molar-refractivity contribution in [3.05, 3.63) is 71.9 Å². The molecule has 1 aromatic heterocycles. The highest BCUT2D eigenvalue weighted by atomic mass is 16.5. The number of benzene rings is 2. The van der Waals surface area contributed by atoms with Gasteiger partial charge in [0.15, 0.2) is 0 Å². The predicted octanol–water partition coefficient (Wildman–Crippen LogP) is 3.54. The van der Waals surface area contributed by atoms with Gasteiger partial charge in [0.2, 0.25) is 0 Å². The van der Waals surface area contributed by atoms with E-state index in [0.717, 1.165) is 16.5 Å². The standard InChI is InChI=1S/C17H15NO2/c1-18-11-10-14-8-5-9-15(16(14)18)17(19)20-12-13-6-3-2-4-7-13/h2-11H,12H2,1H3. The van der Waals surface area contributed by atoms with Crippen LogP contribution in [0.2, 0.25) is 0 Å². The molecule has 0 fully saturated rings. The molecular weight excluding hydrogens is 250 g/mol. The molecule has 3 aromatic rings. The molecule has 0 aliphatic rings. The Bertz CT molecular complexity index is 744. The lowest BCUT2D eigenvalue weighted by atomic mass is 10.1. The fraction of sp³-hybridized carbons (Fsp3) is 0.118. The Morgan fingerprint density at radius 1 is 1.05 bits per heavy atom. The Hall–Kier alpha value is -2.55. The normalized spacial score (nSPS) is 10.7. The Kier molecular flexibility index (Phi) is 3.25. The number of hydrogen-bond donors (Lipinski definition) is 0. The van der Waals surface area contributed by atoms with Crippen molar-refractivity contribution in [2.24, 2.45) is 7.05 Å². The van der Waals surface area contributed by atoms with Crippen LogP contribution in [0.4, 0.5) is 0 Å². The van der Waals surface area contributed by atoms with Crippen LogP contribution in [0.3, 0.4) is 0 Å². The second-order valence-corrected chi connectivity index (χ2v) is 4.73. The van der Waals surface area contributed by atoms with Crippen LogP contribution in [-0.4, -0.2) is 10.5 Å². The van der Waals surface area contributed by atoms with E-state index in [1.165, 1.54) is 0 Å². The van der Waals surface area contributed by atoms with Gasteiger partial charge in [0, 0.05) is 18.6 Å². The number of esters is 1. The number of fused-ring (bicyclic) bond motifs is 1. The van der Waals surface area contributed by atoms with Crippen LogP contribution in [-0.2, 0) is 18.4 Å². The summed E-state index contributed by atoms with van der Waals surface area (Å²) >= 11 is 0. The van der Waals surface area contributed by atoms with E-state index < -0.39 is 0 Å². The van der Waals surface area contributed by atoms with Crippen LogP contribution < -0.4 is 0 Å². The molecule has 1 heterocycles. The van der Waals surface area contributed by atoms with Crippen LogP contribution in [0, 0.1) is 0 Å². The molecular formula is C17H15NO2. The topological polar surface area (TPSA) is 31.2 Å². The zero-order valence-corrected chi connectivity index (χ0v) is 11.2. The summed E-state index contributed by atoms with van der Waals surface area (Å²) in [7, 11) is 1.93. The maximum atomic E-state index is 12.2. The number of hydrogen-bond acceptors (Lipinski definition) is 2. The Labute approximate surface area is 117 Å². The van der Waals surface area contributed by atoms with Crippen LogP contribution in [0.25, 0.3) is 10.9 Å². The number of nitrogens with zero attached hydrogens (tertiary/aromatic N) is 1. The summed E-state index contributed by atoms with van der Waals surface area (Å²) < 4.78 is 7.33. The molecule has 0 amide bonds. The van der Waals surface area contributed by atoms with E-state index in [-0.39, 0.29) is 5.97 Å². The molecule has 3 nitrogen and oxygen atoms in total. The summed E-state index contributed by atoms with van der Waals surface area (Å²) in [5.74, 6) is -0.291. The first-order valence-electron chi connectivity index (χ1n) is 6.51. The van der Waals surface area contributed by atoms with Gasteiger partial charge in [-0.1, -0.05) is 42.5 Å². The van der Waals surface area contributed by atoms with Crippen molar-refractivity contribution in [1.29, 1.82) is 0 Å². The number of para-hydroxylation sites is 1. The smallest absolute Gasteiger partial charge is 0.340 e. The van der Waals surface area contributed by atoms with Gasteiger partial charge in [-0.3, -0.25) is 0 Å². The second-order valence-electron chi connectivity index (χ2n) is 4.73. The summed E-state index contributed by atoms with van der Waals surface area (Å²) in [4.78, 5) is 12.2. The van der Waals surface area contributed by atoms with E-state index in [1.54, 1.807) is 6.07 Å². The quantitative estimate of drug-likeness (QED) is 0.678. The molecule has 0 saturated carbocycles. The highest BCUT2D eigenvalue weighted by Gasteiger charge is 2.13. The van der Waals surface area contributed by atoms with E-state index >= 15 is 0 Å². The highest BCUT2D eigenvalue weighted by Crippen LogP contribution is 2.20. The van der Waals surface area contributed by atoms with Crippen molar-refractivity contribution in [2.75, 3.05) is 0 Å². The second kappa shape index (κ2) is 5.21. The summed E-state index contributed by atoms with van der Waals surface area (Å²) in [5, 5.41) is 1.04. The number of aromatic nitrogens is 1. The van der Waals surface area contributed by atoms with Crippen molar-refractivity contribution in [3.8, 4) is 0 Å². The monoisotopic (exact) mass is 265 g/mol. The minimum absolute atomic E-state index is 0.291. The Balaban J connectivity index is 1.84. The van der Waals surface area contributed by atoms with Crippen LogP contribution in [0.1, 0.15) is 15.9 Å². The molecule has 0 saturated heterocycles. The van der Waals surface area contributed by atoms with Crippen molar-refractivity contribution >= 4 is 16.9 Å². The largest absolute Gasteiger partial charge is 0.457 e. The van der Waals surface area contributed by atoms with E-state index in [1.807, 2.05) is 66.3 Å². The first-order valence-corrected chi connectivity index (χ1v) is 6.51. The zero-order chi connectivity index (χ0) is 13.9. The van der Waals surface area contributed by atoms with Gasteiger partial charge in [-0.05, 0) is 17.7 Å². The lowest BCUT2D eigenvalue weighted by molar-refractivity contribution is 0.0474. The van der Waals surface area contributed by atoms with Gasteiger partial charge in [0.05, 0.1) is 11.1 Å². The molecule has 100 valence electrons. The third-order valence-corrected chi connectivity index (χ3v) is 3.33. The van der Waals surface area contributed by atoms with Crippen molar-refractivity contribution in [1.82, 2.24) is 4.57 Å². The SMILES string of the molecule is Cn1ccc2cccc(C(=O)OCc3ccccc3)c21. The van der Waals surface area contributed by atoms with Gasteiger partial charge >= 0.3 is 5.97 Å². The minimum Gasteiger partial charge on any atom is -0.457 e. The maximum Gasteiger partial charge on any atom is 0.340 e. The van der Waals surface area contributed by atoms with E-state index in [2.05, 4.69) is 0 Å². The molecule has 0 unspecified atom stereocenters. The average Bonchev–Trinajstić information content (AvgIpc) is 2.87. The minimum atomic E-state index is -0.291. The summed E-state index contributed by atoms with van der Waals surface area (Å²) in [5.41, 5.74) is 2.50. The molecule has 0 radical (unpaired) electrons. The highest BCUT2D eigenvalue weighted by molar-refractivity contribution is 6.03. The molecule has 3 rings (SSSR count). The van der Waals surface area contributed by atoms with Gasteiger partial charge in [-0.2, -0.15) is 0 Å². The Morgan fingerprint density at radius 2 is 1.85 bits per heavy atom. The first kappa shape index (κ1) is 12.5. The molecule has 0 atom stereocenters. The van der Waals surface area contributed by atoms with E-state index in [0.29, 0.717) is 12.2 Å². The summed E-state index contributed by atoms with van der Waals surface area (Å²) in [6, 6.07) is 17.3. The van der Waals surface area contributed by atoms with Gasteiger partial charge < -0.3 is 9.30 Å². The fourth-order valence-electron chi connectivity index (χ4n) is 2.32. The molecule has 3 heteroatoms. The summed E-state index contributed by atoms with van der Waals surface area (Å²) in [6.07, 6.45) is 1.94. The fourth-order valence-corrected chi connectivity index (χ4v) is 2.32. The Morgan fingerprint density at radius 3 is 2.65 bits per heavy atom. The third kappa shape index (κ3) is 2.30. The number of ether oxygens (including phenoxy) is 1. The van der Waals surface area contributed by atoms with Gasteiger partial charge in [-0.25, -0.2) is 4.79 Å². The lowest BCUT2D eigenvalue weighted by Crippen LogP contribution is -2.07. The molecule has 0 N–H and O–H groups in total. The molecule has 0 aliphatic heterocycles. The van der Waals surface area contributed by atoms with Gasteiger partial charge in [0.25, 0.3) is 0 Å². The number of carbonyl (C=O) groups is 1. The van der Waals surface area contributed by atoms with E-state index in [4.69, 9.17) is 4.74 Å². The molecule has 2 aromatic carbocycles. The summed E-state index contributed by atoms with van der Waals surface area (Å²) in [6.45, 7) is 0.292. The number of carbonyl (C=O) groups excluding carboxylic acids is 1. The van der Waals surface area contributed by atoms with E-state index in [9.17, 15) is 4.79 Å². The maximum absolute atomic E-state index is 12.2. The third-order valence-electron chi connectivity index (χ3n) is 3.33. The molecule has 0 aliphatic carbocycles. The van der Waals surface area contributed by atoms with Crippen LogP contribution in [0.5, 0.6) is 0 Å². The van der Waals surface area contributed by atoms with Crippen LogP contribution in [0.15, 0.2) is 60.8 Å². The molecule has 20 heavy (non-hydrogen) atoms.